The highest BCUT2D eigenvalue weighted by Crippen LogP contribution is 2.24. The molecular formula is C14H14N2O3. The number of hydrogen-bond acceptors (Lipinski definition) is 4. The van der Waals surface area contributed by atoms with Crippen molar-refractivity contribution in [2.75, 3.05) is 31.2 Å². The van der Waals surface area contributed by atoms with Crippen molar-refractivity contribution in [1.82, 2.24) is 4.98 Å². The van der Waals surface area contributed by atoms with E-state index < -0.39 is 5.97 Å². The smallest absolute Gasteiger partial charge is 0.339 e. The fraction of sp³-hybridized carbons (Fsp3) is 0.286. The number of nitrogens with zero attached hydrogens (tertiary/aromatic N) is 2. The van der Waals surface area contributed by atoms with Crippen LogP contribution in [0.25, 0.3) is 10.9 Å². The summed E-state index contributed by atoms with van der Waals surface area (Å²) in [4.78, 5) is 17.9. The molecule has 1 fully saturated rings. The first-order chi connectivity index (χ1) is 9.25. The number of carboxylic acids is 1. The van der Waals surface area contributed by atoms with Crippen LogP contribution in [0, 0.1) is 0 Å². The van der Waals surface area contributed by atoms with Gasteiger partial charge in [-0.1, -0.05) is 18.2 Å². The number of aromatic carboxylic acids is 1. The number of carboxylic acid groups (broad SMARTS) is 1. The Labute approximate surface area is 110 Å². The zero-order chi connectivity index (χ0) is 13.2. The first kappa shape index (κ1) is 11.9. The Kier molecular flexibility index (Phi) is 3.05. The molecule has 0 aliphatic carbocycles. The number of morpholine rings is 1. The predicted octanol–water partition coefficient (Wildman–Crippen LogP) is 1.77. The molecule has 5 nitrogen and oxygen atoms in total. The van der Waals surface area contributed by atoms with E-state index in [9.17, 15) is 9.90 Å². The van der Waals surface area contributed by atoms with Crippen LogP contribution in [-0.4, -0.2) is 42.4 Å². The summed E-state index contributed by atoms with van der Waals surface area (Å²) in [6.07, 6.45) is 0. The minimum absolute atomic E-state index is 0.251. The molecule has 1 aromatic heterocycles. The standard InChI is InChI=1S/C14H14N2O3/c17-14(18)11-9-10-3-1-2-4-12(10)15-13(11)16-5-7-19-8-6-16/h1-4,9H,5-8H2,(H,17,18). The summed E-state index contributed by atoms with van der Waals surface area (Å²) in [7, 11) is 0. The van der Waals surface area contributed by atoms with Crippen LogP contribution in [0.2, 0.25) is 0 Å². The van der Waals surface area contributed by atoms with Crippen molar-refractivity contribution in [2.45, 2.75) is 0 Å². The zero-order valence-electron chi connectivity index (χ0n) is 10.4. The molecule has 2 heterocycles. The lowest BCUT2D eigenvalue weighted by molar-refractivity contribution is 0.0696. The van der Waals surface area contributed by atoms with Crippen LogP contribution in [-0.2, 0) is 4.74 Å². The van der Waals surface area contributed by atoms with Gasteiger partial charge in [-0.15, -0.1) is 0 Å². The molecule has 0 saturated carbocycles. The van der Waals surface area contributed by atoms with Gasteiger partial charge in [0.2, 0.25) is 0 Å². The van der Waals surface area contributed by atoms with Crippen LogP contribution in [0.3, 0.4) is 0 Å². The van der Waals surface area contributed by atoms with Gasteiger partial charge in [-0.05, 0) is 12.1 Å². The second kappa shape index (κ2) is 4.85. The maximum absolute atomic E-state index is 11.4. The van der Waals surface area contributed by atoms with Crippen LogP contribution in [0.1, 0.15) is 10.4 Å². The van der Waals surface area contributed by atoms with E-state index in [0.29, 0.717) is 32.1 Å². The molecule has 5 heteroatoms. The number of anilines is 1. The highest BCUT2D eigenvalue weighted by Gasteiger charge is 2.20. The van der Waals surface area contributed by atoms with E-state index in [-0.39, 0.29) is 5.56 Å². The Bertz CT molecular complexity index is 621. The number of benzene rings is 1. The zero-order valence-corrected chi connectivity index (χ0v) is 10.4. The van der Waals surface area contributed by atoms with E-state index in [4.69, 9.17) is 4.74 Å². The fourth-order valence-electron chi connectivity index (χ4n) is 2.28. The van der Waals surface area contributed by atoms with Crippen LogP contribution in [0.5, 0.6) is 0 Å². The van der Waals surface area contributed by atoms with Gasteiger partial charge >= 0.3 is 5.97 Å². The number of hydrogen-bond donors (Lipinski definition) is 1. The highest BCUT2D eigenvalue weighted by molar-refractivity contribution is 5.98. The van der Waals surface area contributed by atoms with E-state index in [1.54, 1.807) is 6.07 Å². The number of carbonyl (C=O) groups is 1. The van der Waals surface area contributed by atoms with Crippen molar-refractivity contribution in [3.8, 4) is 0 Å². The van der Waals surface area contributed by atoms with E-state index in [1.165, 1.54) is 0 Å². The quantitative estimate of drug-likeness (QED) is 0.889. The summed E-state index contributed by atoms with van der Waals surface area (Å²) in [6.45, 7) is 2.55. The molecule has 0 bridgehead atoms. The molecule has 19 heavy (non-hydrogen) atoms. The predicted molar refractivity (Wildman–Crippen MR) is 71.7 cm³/mol. The van der Waals surface area contributed by atoms with Gasteiger partial charge in [-0.25, -0.2) is 9.78 Å². The van der Waals surface area contributed by atoms with Gasteiger partial charge in [-0.3, -0.25) is 0 Å². The van der Waals surface area contributed by atoms with Gasteiger partial charge in [0.15, 0.2) is 0 Å². The minimum atomic E-state index is -0.945. The molecule has 0 spiro atoms. The van der Waals surface area contributed by atoms with Gasteiger partial charge in [0.05, 0.1) is 18.7 Å². The highest BCUT2D eigenvalue weighted by atomic mass is 16.5. The van der Waals surface area contributed by atoms with Gasteiger partial charge in [-0.2, -0.15) is 0 Å². The molecule has 1 aliphatic rings. The monoisotopic (exact) mass is 258 g/mol. The van der Waals surface area contributed by atoms with Gasteiger partial charge in [0.25, 0.3) is 0 Å². The van der Waals surface area contributed by atoms with Crippen molar-refractivity contribution in [3.63, 3.8) is 0 Å². The lowest BCUT2D eigenvalue weighted by Crippen LogP contribution is -2.37. The van der Waals surface area contributed by atoms with Crippen LogP contribution in [0.4, 0.5) is 5.82 Å². The number of ether oxygens (including phenoxy) is 1. The molecule has 3 rings (SSSR count). The van der Waals surface area contributed by atoms with E-state index in [2.05, 4.69) is 4.98 Å². The maximum Gasteiger partial charge on any atom is 0.339 e. The molecular weight excluding hydrogens is 244 g/mol. The lowest BCUT2D eigenvalue weighted by Gasteiger charge is -2.29. The Morgan fingerprint density at radius 1 is 1.26 bits per heavy atom. The Balaban J connectivity index is 2.14. The second-order valence-electron chi connectivity index (χ2n) is 4.46. The summed E-state index contributed by atoms with van der Waals surface area (Å²) in [5.74, 6) is -0.408. The Hall–Kier alpha value is -2.14. The van der Waals surface area contributed by atoms with E-state index in [1.807, 2.05) is 29.2 Å². The van der Waals surface area contributed by atoms with Crippen molar-refractivity contribution >= 4 is 22.7 Å². The number of fused-ring (bicyclic) bond motifs is 1. The fourth-order valence-corrected chi connectivity index (χ4v) is 2.28. The Morgan fingerprint density at radius 3 is 2.74 bits per heavy atom. The van der Waals surface area contributed by atoms with Crippen LogP contribution >= 0.6 is 0 Å². The van der Waals surface area contributed by atoms with Crippen LogP contribution in [0.15, 0.2) is 30.3 Å². The third-order valence-electron chi connectivity index (χ3n) is 3.24. The molecule has 1 aromatic carbocycles. The number of pyridine rings is 1. The first-order valence-corrected chi connectivity index (χ1v) is 6.21. The van der Waals surface area contributed by atoms with Crippen molar-refractivity contribution in [2.24, 2.45) is 0 Å². The summed E-state index contributed by atoms with van der Waals surface area (Å²) in [5, 5.41) is 10.2. The number of para-hydroxylation sites is 1. The third-order valence-corrected chi connectivity index (χ3v) is 3.24. The molecule has 0 amide bonds. The number of aromatic nitrogens is 1. The average molecular weight is 258 g/mol. The molecule has 98 valence electrons. The van der Waals surface area contributed by atoms with Crippen molar-refractivity contribution in [1.29, 1.82) is 0 Å². The molecule has 1 saturated heterocycles. The summed E-state index contributed by atoms with van der Waals surface area (Å²) in [5.41, 5.74) is 1.06. The molecule has 0 radical (unpaired) electrons. The molecule has 0 atom stereocenters. The normalized spacial score (nSPS) is 15.7. The lowest BCUT2D eigenvalue weighted by atomic mass is 10.1. The topological polar surface area (TPSA) is 62.7 Å². The van der Waals surface area contributed by atoms with E-state index >= 15 is 0 Å². The summed E-state index contributed by atoms with van der Waals surface area (Å²) in [6, 6.07) is 9.24. The van der Waals surface area contributed by atoms with Gasteiger partial charge in [0, 0.05) is 18.5 Å². The molecule has 1 N–H and O–H groups in total. The summed E-state index contributed by atoms with van der Waals surface area (Å²) >= 11 is 0. The first-order valence-electron chi connectivity index (χ1n) is 6.21. The molecule has 2 aromatic rings. The molecule has 0 unspecified atom stereocenters. The average Bonchev–Trinajstić information content (AvgIpc) is 2.46. The largest absolute Gasteiger partial charge is 0.478 e. The molecule has 1 aliphatic heterocycles. The van der Waals surface area contributed by atoms with Gasteiger partial charge < -0.3 is 14.7 Å². The second-order valence-corrected chi connectivity index (χ2v) is 4.46. The number of rotatable bonds is 2. The SMILES string of the molecule is O=C(O)c1cc2ccccc2nc1N1CCOCC1. The summed E-state index contributed by atoms with van der Waals surface area (Å²) < 4.78 is 5.29. The third kappa shape index (κ3) is 2.24. The van der Waals surface area contributed by atoms with Crippen molar-refractivity contribution in [3.05, 3.63) is 35.9 Å². The van der Waals surface area contributed by atoms with Crippen LogP contribution < -0.4 is 4.90 Å². The van der Waals surface area contributed by atoms with E-state index in [0.717, 1.165) is 10.9 Å². The Morgan fingerprint density at radius 2 is 2.00 bits per heavy atom. The maximum atomic E-state index is 11.4. The van der Waals surface area contributed by atoms with Gasteiger partial charge in [0.1, 0.15) is 11.4 Å². The minimum Gasteiger partial charge on any atom is -0.478 e. The van der Waals surface area contributed by atoms with Crippen molar-refractivity contribution < 1.29 is 14.6 Å².